The van der Waals surface area contributed by atoms with Crippen molar-refractivity contribution < 1.29 is 9.53 Å². The molecule has 2 fully saturated rings. The number of amides is 1. The van der Waals surface area contributed by atoms with E-state index in [1.807, 2.05) is 35.2 Å². The summed E-state index contributed by atoms with van der Waals surface area (Å²) in [5.74, 6) is 1.20. The summed E-state index contributed by atoms with van der Waals surface area (Å²) in [7, 11) is 0. The Labute approximate surface area is 193 Å². The van der Waals surface area contributed by atoms with E-state index in [1.54, 1.807) is 0 Å². The molecule has 2 saturated heterocycles. The topological polar surface area (TPSA) is 36.0 Å². The maximum absolute atomic E-state index is 12.6. The smallest absolute Gasteiger partial charge is 0.227 e. The predicted octanol–water partition coefficient (Wildman–Crippen LogP) is 3.83. The van der Waals surface area contributed by atoms with E-state index < -0.39 is 0 Å². The first-order valence-corrected chi connectivity index (χ1v) is 12.2. The molecule has 172 valence electrons. The van der Waals surface area contributed by atoms with Crippen molar-refractivity contribution in [3.8, 4) is 5.75 Å². The maximum Gasteiger partial charge on any atom is 0.227 e. The maximum atomic E-state index is 12.6. The van der Waals surface area contributed by atoms with Gasteiger partial charge < -0.3 is 14.5 Å². The molecule has 4 rings (SSSR count). The van der Waals surface area contributed by atoms with Crippen molar-refractivity contribution in [3.05, 3.63) is 65.7 Å². The fraction of sp³-hybridized carbons (Fsp3) is 0.519. The molecule has 0 saturated carbocycles. The second-order valence-corrected chi connectivity index (χ2v) is 9.07. The Morgan fingerprint density at radius 3 is 2.31 bits per heavy atom. The molecule has 5 nitrogen and oxygen atoms in total. The molecule has 2 heterocycles. The van der Waals surface area contributed by atoms with E-state index in [2.05, 4.69) is 34.1 Å². The lowest BCUT2D eigenvalue weighted by atomic mass is 10.1. The minimum Gasteiger partial charge on any atom is -0.494 e. The van der Waals surface area contributed by atoms with Gasteiger partial charge in [-0.15, -0.1) is 0 Å². The molecule has 0 spiro atoms. The van der Waals surface area contributed by atoms with Gasteiger partial charge in [0.1, 0.15) is 5.75 Å². The monoisotopic (exact) mass is 435 g/mol. The van der Waals surface area contributed by atoms with Crippen LogP contribution in [0.2, 0.25) is 0 Å². The summed E-state index contributed by atoms with van der Waals surface area (Å²) in [6.45, 7) is 8.78. The van der Waals surface area contributed by atoms with Crippen molar-refractivity contribution in [1.82, 2.24) is 14.7 Å². The van der Waals surface area contributed by atoms with Crippen LogP contribution < -0.4 is 4.74 Å². The second-order valence-electron chi connectivity index (χ2n) is 9.07. The molecule has 0 bridgehead atoms. The van der Waals surface area contributed by atoms with Crippen LogP contribution in [0.5, 0.6) is 5.75 Å². The van der Waals surface area contributed by atoms with Gasteiger partial charge in [0, 0.05) is 39.3 Å². The van der Waals surface area contributed by atoms with Crippen molar-refractivity contribution in [2.45, 2.75) is 38.6 Å². The number of carbonyl (C=O) groups excluding carboxylic acids is 1. The van der Waals surface area contributed by atoms with E-state index in [1.165, 1.54) is 37.9 Å². The molecule has 2 aromatic carbocycles. The van der Waals surface area contributed by atoms with Gasteiger partial charge in [-0.1, -0.05) is 48.9 Å². The van der Waals surface area contributed by atoms with Crippen molar-refractivity contribution in [3.63, 3.8) is 0 Å². The van der Waals surface area contributed by atoms with Crippen molar-refractivity contribution in [1.29, 1.82) is 0 Å². The van der Waals surface area contributed by atoms with E-state index >= 15 is 0 Å². The Kier molecular flexibility index (Phi) is 8.57. The number of hydrogen-bond donors (Lipinski definition) is 0. The van der Waals surface area contributed by atoms with Gasteiger partial charge in [0.2, 0.25) is 5.91 Å². The first kappa shape index (κ1) is 22.8. The second kappa shape index (κ2) is 12.0. The Morgan fingerprint density at radius 2 is 1.53 bits per heavy atom. The van der Waals surface area contributed by atoms with Crippen LogP contribution in [-0.2, 0) is 17.8 Å². The lowest BCUT2D eigenvalue weighted by Gasteiger charge is -2.35. The molecule has 2 aliphatic rings. The zero-order valence-corrected chi connectivity index (χ0v) is 19.3. The molecule has 0 aromatic heterocycles. The lowest BCUT2D eigenvalue weighted by molar-refractivity contribution is -0.132. The Bertz CT molecular complexity index is 828. The van der Waals surface area contributed by atoms with Gasteiger partial charge in [0.05, 0.1) is 13.0 Å². The highest BCUT2D eigenvalue weighted by molar-refractivity contribution is 5.78. The van der Waals surface area contributed by atoms with E-state index in [-0.39, 0.29) is 5.91 Å². The van der Waals surface area contributed by atoms with E-state index in [0.29, 0.717) is 6.42 Å². The van der Waals surface area contributed by atoms with Crippen LogP contribution in [0.15, 0.2) is 54.6 Å². The molecule has 0 unspecified atom stereocenters. The van der Waals surface area contributed by atoms with Gasteiger partial charge in [0.15, 0.2) is 0 Å². The van der Waals surface area contributed by atoms with Crippen LogP contribution >= 0.6 is 0 Å². The number of ether oxygens (including phenoxy) is 1. The number of piperidine rings is 1. The number of piperazine rings is 1. The minimum absolute atomic E-state index is 0.232. The van der Waals surface area contributed by atoms with Gasteiger partial charge in [-0.05, 0) is 55.6 Å². The highest BCUT2D eigenvalue weighted by Crippen LogP contribution is 2.17. The van der Waals surface area contributed by atoms with E-state index in [9.17, 15) is 4.79 Å². The molecule has 0 N–H and O–H groups in total. The van der Waals surface area contributed by atoms with Crippen LogP contribution in [0.1, 0.15) is 36.8 Å². The summed E-state index contributed by atoms with van der Waals surface area (Å²) >= 11 is 0. The summed E-state index contributed by atoms with van der Waals surface area (Å²) in [6, 6.07) is 18.5. The quantitative estimate of drug-likeness (QED) is 0.561. The fourth-order valence-electron chi connectivity index (χ4n) is 4.69. The average molecular weight is 436 g/mol. The third kappa shape index (κ3) is 7.07. The first-order valence-electron chi connectivity index (χ1n) is 12.2. The summed E-state index contributed by atoms with van der Waals surface area (Å²) in [6.07, 6.45) is 5.66. The summed E-state index contributed by atoms with van der Waals surface area (Å²) in [5.41, 5.74) is 2.37. The van der Waals surface area contributed by atoms with Crippen molar-refractivity contribution in [2.24, 2.45) is 0 Å². The van der Waals surface area contributed by atoms with Crippen molar-refractivity contribution >= 4 is 5.91 Å². The van der Waals surface area contributed by atoms with Crippen LogP contribution in [0, 0.1) is 0 Å². The minimum atomic E-state index is 0.232. The highest BCUT2D eigenvalue weighted by Gasteiger charge is 2.21. The molecule has 0 radical (unpaired) electrons. The standard InChI is InChI=1S/C27H37N3O2/c31-27(22-24-9-3-1-4-10-24)30-18-16-29(17-19-30)23-25-11-7-12-26(21-25)32-20-8-15-28-13-5-2-6-14-28/h1,3-4,7,9-12,21H,2,5-6,8,13-20,22-23H2. The van der Waals surface area contributed by atoms with Gasteiger partial charge >= 0.3 is 0 Å². The number of rotatable bonds is 9. The largest absolute Gasteiger partial charge is 0.494 e. The average Bonchev–Trinajstić information content (AvgIpc) is 2.84. The zero-order valence-electron chi connectivity index (χ0n) is 19.3. The molecule has 2 aliphatic heterocycles. The molecule has 0 aliphatic carbocycles. The Morgan fingerprint density at radius 1 is 0.781 bits per heavy atom. The van der Waals surface area contributed by atoms with Crippen LogP contribution in [0.3, 0.4) is 0 Å². The first-order chi connectivity index (χ1) is 15.8. The van der Waals surface area contributed by atoms with E-state index in [0.717, 1.165) is 63.6 Å². The summed E-state index contributed by atoms with van der Waals surface area (Å²) < 4.78 is 6.03. The number of hydrogen-bond acceptors (Lipinski definition) is 4. The molecular formula is C27H37N3O2. The molecular weight excluding hydrogens is 398 g/mol. The molecule has 2 aromatic rings. The van der Waals surface area contributed by atoms with Crippen molar-refractivity contribution in [2.75, 3.05) is 52.4 Å². The number of likely N-dealkylation sites (tertiary alicyclic amines) is 1. The third-order valence-corrected chi connectivity index (χ3v) is 6.56. The summed E-state index contributed by atoms with van der Waals surface area (Å²) in [5, 5.41) is 0. The van der Waals surface area contributed by atoms with Gasteiger partial charge in [0.25, 0.3) is 0 Å². The zero-order chi connectivity index (χ0) is 22.0. The van der Waals surface area contributed by atoms with Gasteiger partial charge in [-0.3, -0.25) is 9.69 Å². The SMILES string of the molecule is O=C(Cc1ccccc1)N1CCN(Cc2cccc(OCCCN3CCCCC3)c2)CC1. The van der Waals surface area contributed by atoms with Gasteiger partial charge in [-0.2, -0.15) is 0 Å². The van der Waals surface area contributed by atoms with Crippen LogP contribution in [0.4, 0.5) is 0 Å². The molecule has 32 heavy (non-hydrogen) atoms. The number of nitrogens with zero attached hydrogens (tertiary/aromatic N) is 3. The van der Waals surface area contributed by atoms with E-state index in [4.69, 9.17) is 4.74 Å². The highest BCUT2D eigenvalue weighted by atomic mass is 16.5. The number of benzene rings is 2. The number of carbonyl (C=O) groups is 1. The van der Waals surface area contributed by atoms with Gasteiger partial charge in [-0.25, -0.2) is 0 Å². The molecule has 1 amide bonds. The van der Waals surface area contributed by atoms with Crippen LogP contribution in [-0.4, -0.2) is 73.0 Å². The molecule has 5 heteroatoms. The Balaban J connectivity index is 1.17. The third-order valence-electron chi connectivity index (χ3n) is 6.56. The molecule has 0 atom stereocenters. The Hall–Kier alpha value is -2.37. The normalized spacial score (nSPS) is 17.9. The predicted molar refractivity (Wildman–Crippen MR) is 129 cm³/mol. The lowest BCUT2D eigenvalue weighted by Crippen LogP contribution is -2.48. The fourth-order valence-corrected chi connectivity index (χ4v) is 4.69. The van der Waals surface area contributed by atoms with Crippen LogP contribution in [0.25, 0.3) is 0 Å². The summed E-state index contributed by atoms with van der Waals surface area (Å²) in [4.78, 5) is 19.6.